The van der Waals surface area contributed by atoms with E-state index in [2.05, 4.69) is 19.2 Å². The molecule has 0 unspecified atom stereocenters. The smallest absolute Gasteiger partial charge is 0.335 e. The van der Waals surface area contributed by atoms with Crippen LogP contribution in [0.2, 0.25) is 0 Å². The number of unbranched alkanes of at least 4 members (excludes halogenated alkanes) is 2. The number of halogens is 4. The highest BCUT2D eigenvalue weighted by molar-refractivity contribution is 5.94. The Morgan fingerprint density at radius 2 is 1.06 bits per heavy atom. The van der Waals surface area contributed by atoms with E-state index in [0.29, 0.717) is 57.6 Å². The summed E-state index contributed by atoms with van der Waals surface area (Å²) in [7, 11) is 7.60. The number of carboxylic acids is 1. The molecular formula is C40H62F4N4O5. The number of nitrogens with zero attached hydrogens (tertiary/aromatic N) is 2. The second-order valence-electron chi connectivity index (χ2n) is 14.6. The molecule has 0 aliphatic heterocycles. The normalized spacial score (nSPS) is 18.1. The van der Waals surface area contributed by atoms with Crippen molar-refractivity contribution in [2.75, 3.05) is 54.5 Å². The van der Waals surface area contributed by atoms with Crippen molar-refractivity contribution in [3.63, 3.8) is 0 Å². The van der Waals surface area contributed by atoms with Gasteiger partial charge in [-0.05, 0) is 115 Å². The van der Waals surface area contributed by atoms with Crippen molar-refractivity contribution in [3.05, 3.63) is 59.7 Å². The molecule has 2 saturated carbocycles. The van der Waals surface area contributed by atoms with Crippen molar-refractivity contribution >= 4 is 11.9 Å². The molecule has 2 aromatic carbocycles. The third-order valence-corrected chi connectivity index (χ3v) is 10.4. The number of carbonyl (C=O) groups is 2. The molecule has 2 aliphatic carbocycles. The Hall–Kier alpha value is -3.42. The fourth-order valence-corrected chi connectivity index (χ4v) is 6.19. The first kappa shape index (κ1) is 45.7. The standard InChI is InChI=1S/C20H30F2N2O2.C11H14O3.C9H18F2N2/c1-4-5-14-26-17-8-6-16(7-9-17)18(25)23-15-19(24(2)3)10-12-20(21,22)13-11-19;1-2-3-8-14-10-6-4-9(5-7-10)11(12)13;1-13(2)8(7-12)3-5-9(10,11)6-4-8/h6-9H,4-5,10-15H2,1-3H3,(H,23,25);4-7H,2-3,8H2,1H3,(H,12,13);3-7,12H2,1-2H3. The van der Waals surface area contributed by atoms with Crippen LogP contribution in [0.1, 0.15) is 112 Å². The van der Waals surface area contributed by atoms with Crippen LogP contribution in [0.5, 0.6) is 11.5 Å². The summed E-state index contributed by atoms with van der Waals surface area (Å²) in [6.07, 6.45) is 5.60. The number of nitrogens with two attached hydrogens (primary N) is 1. The minimum atomic E-state index is -2.59. The molecule has 0 spiro atoms. The number of hydrogen-bond donors (Lipinski definition) is 3. The summed E-state index contributed by atoms with van der Waals surface area (Å²) in [6.45, 7) is 6.38. The van der Waals surface area contributed by atoms with E-state index in [1.807, 2.05) is 38.0 Å². The van der Waals surface area contributed by atoms with Crippen LogP contribution >= 0.6 is 0 Å². The van der Waals surface area contributed by atoms with Gasteiger partial charge in [-0.2, -0.15) is 0 Å². The lowest BCUT2D eigenvalue weighted by molar-refractivity contribution is -0.0728. The molecule has 0 heterocycles. The zero-order valence-electron chi connectivity index (χ0n) is 32.5. The van der Waals surface area contributed by atoms with Crippen LogP contribution in [0.3, 0.4) is 0 Å². The van der Waals surface area contributed by atoms with Gasteiger partial charge in [-0.25, -0.2) is 22.4 Å². The minimum absolute atomic E-state index is 0.0254. The summed E-state index contributed by atoms with van der Waals surface area (Å²) < 4.78 is 63.8. The van der Waals surface area contributed by atoms with Gasteiger partial charge in [0.15, 0.2) is 0 Å². The molecular weight excluding hydrogens is 692 g/mol. The molecule has 2 aromatic rings. The molecule has 2 fully saturated rings. The van der Waals surface area contributed by atoms with Gasteiger partial charge in [0, 0.05) is 55.4 Å². The Bertz CT molecular complexity index is 1350. The van der Waals surface area contributed by atoms with E-state index in [1.54, 1.807) is 48.5 Å². The summed E-state index contributed by atoms with van der Waals surface area (Å²) in [6, 6.07) is 13.5. The Balaban J connectivity index is 0.000000303. The molecule has 4 N–H and O–H groups in total. The summed E-state index contributed by atoms with van der Waals surface area (Å²) in [5.74, 6) is -4.68. The molecule has 0 radical (unpaired) electrons. The maximum atomic E-state index is 13.5. The average molecular weight is 755 g/mol. The largest absolute Gasteiger partial charge is 0.494 e. The second-order valence-corrected chi connectivity index (χ2v) is 14.6. The van der Waals surface area contributed by atoms with Crippen molar-refractivity contribution in [1.82, 2.24) is 15.1 Å². The van der Waals surface area contributed by atoms with Crippen LogP contribution in [0.4, 0.5) is 17.6 Å². The van der Waals surface area contributed by atoms with E-state index in [9.17, 15) is 27.2 Å². The third-order valence-electron chi connectivity index (χ3n) is 10.4. The van der Waals surface area contributed by atoms with Gasteiger partial charge < -0.3 is 35.4 Å². The van der Waals surface area contributed by atoms with Gasteiger partial charge in [0.05, 0.1) is 18.8 Å². The van der Waals surface area contributed by atoms with Crippen molar-refractivity contribution < 1.29 is 41.7 Å². The van der Waals surface area contributed by atoms with E-state index in [-0.39, 0.29) is 42.7 Å². The number of aromatic carboxylic acids is 1. The summed E-state index contributed by atoms with van der Waals surface area (Å²) in [5, 5.41) is 11.6. The SMILES string of the molecule is CCCCOc1ccc(C(=O)NCC2(N(C)C)CCC(F)(F)CC2)cc1.CCCCOc1ccc(C(=O)O)cc1.CN(C)C1(CN)CCC(F)(F)CC1. The van der Waals surface area contributed by atoms with Crippen LogP contribution in [0.25, 0.3) is 0 Å². The van der Waals surface area contributed by atoms with Crippen LogP contribution in [-0.4, -0.2) is 104 Å². The number of benzene rings is 2. The fourth-order valence-electron chi connectivity index (χ4n) is 6.19. The van der Waals surface area contributed by atoms with Crippen molar-refractivity contribution in [3.8, 4) is 11.5 Å². The molecule has 0 atom stereocenters. The van der Waals surface area contributed by atoms with Crippen molar-refractivity contribution in [1.29, 1.82) is 0 Å². The molecule has 0 aromatic heterocycles. The highest BCUT2D eigenvalue weighted by atomic mass is 19.3. The Morgan fingerprint density at radius 1 is 0.679 bits per heavy atom. The van der Waals surface area contributed by atoms with Crippen molar-refractivity contribution in [2.24, 2.45) is 5.73 Å². The molecule has 4 rings (SSSR count). The van der Waals surface area contributed by atoms with E-state index >= 15 is 0 Å². The Labute approximate surface area is 313 Å². The highest BCUT2D eigenvalue weighted by Gasteiger charge is 2.45. The maximum Gasteiger partial charge on any atom is 0.335 e. The van der Waals surface area contributed by atoms with Gasteiger partial charge >= 0.3 is 5.97 Å². The summed E-state index contributed by atoms with van der Waals surface area (Å²) in [5.41, 5.74) is 5.86. The van der Waals surface area contributed by atoms with E-state index < -0.39 is 23.4 Å². The van der Waals surface area contributed by atoms with Crippen LogP contribution in [0, 0.1) is 0 Å². The number of likely N-dealkylation sites (N-methyl/N-ethyl adjacent to an activating group) is 2. The quantitative estimate of drug-likeness (QED) is 0.123. The lowest BCUT2D eigenvalue weighted by atomic mass is 9.79. The van der Waals surface area contributed by atoms with Crippen LogP contribution in [-0.2, 0) is 0 Å². The topological polar surface area (TPSA) is 117 Å². The lowest BCUT2D eigenvalue weighted by Crippen LogP contribution is -2.55. The molecule has 0 saturated heterocycles. The summed E-state index contributed by atoms with van der Waals surface area (Å²) in [4.78, 5) is 26.9. The van der Waals surface area contributed by atoms with Gasteiger partial charge in [0.2, 0.25) is 11.8 Å². The number of carboxylic acid groups (broad SMARTS) is 1. The summed E-state index contributed by atoms with van der Waals surface area (Å²) >= 11 is 0. The van der Waals surface area contributed by atoms with Crippen LogP contribution in [0.15, 0.2) is 48.5 Å². The van der Waals surface area contributed by atoms with E-state index in [1.165, 1.54) is 0 Å². The van der Waals surface area contributed by atoms with Crippen LogP contribution < -0.4 is 20.5 Å². The average Bonchev–Trinajstić information content (AvgIpc) is 3.12. The fraction of sp³-hybridized carbons (Fsp3) is 0.650. The molecule has 300 valence electrons. The number of alkyl halides is 4. The maximum absolute atomic E-state index is 13.5. The highest BCUT2D eigenvalue weighted by Crippen LogP contribution is 2.41. The van der Waals surface area contributed by atoms with E-state index in [0.717, 1.165) is 37.2 Å². The first-order valence-electron chi connectivity index (χ1n) is 18.7. The number of nitrogens with one attached hydrogen (secondary N) is 1. The second kappa shape index (κ2) is 21.5. The Kier molecular flexibility index (Phi) is 18.5. The van der Waals surface area contributed by atoms with Gasteiger partial charge in [-0.1, -0.05) is 26.7 Å². The van der Waals surface area contributed by atoms with Gasteiger partial charge in [-0.15, -0.1) is 0 Å². The van der Waals surface area contributed by atoms with Gasteiger partial charge in [-0.3, -0.25) is 4.79 Å². The number of rotatable bonds is 15. The van der Waals surface area contributed by atoms with Gasteiger partial charge in [0.25, 0.3) is 5.91 Å². The van der Waals surface area contributed by atoms with E-state index in [4.69, 9.17) is 20.3 Å². The predicted molar refractivity (Wildman–Crippen MR) is 202 cm³/mol. The third kappa shape index (κ3) is 15.1. The van der Waals surface area contributed by atoms with Crippen molar-refractivity contribution in [2.45, 2.75) is 114 Å². The molecule has 9 nitrogen and oxygen atoms in total. The zero-order chi connectivity index (χ0) is 39.7. The van der Waals surface area contributed by atoms with Gasteiger partial charge in [0.1, 0.15) is 11.5 Å². The predicted octanol–water partition coefficient (Wildman–Crippen LogP) is 8.12. The Morgan fingerprint density at radius 3 is 1.40 bits per heavy atom. The first-order valence-corrected chi connectivity index (χ1v) is 18.7. The molecule has 53 heavy (non-hydrogen) atoms. The first-order chi connectivity index (χ1) is 24.9. The number of amides is 1. The number of carbonyl (C=O) groups excluding carboxylic acids is 1. The molecule has 1 amide bonds. The number of hydrogen-bond acceptors (Lipinski definition) is 7. The molecule has 2 aliphatic rings. The molecule has 13 heteroatoms. The zero-order valence-corrected chi connectivity index (χ0v) is 32.5. The lowest BCUT2D eigenvalue weighted by Gasteiger charge is -2.45. The number of ether oxygens (including phenoxy) is 2. The minimum Gasteiger partial charge on any atom is -0.494 e. The monoisotopic (exact) mass is 754 g/mol. The molecule has 0 bridgehead atoms.